The third kappa shape index (κ3) is 5.19. The molecule has 2 atom stereocenters. The van der Waals surface area contributed by atoms with Gasteiger partial charge in [0.25, 0.3) is 0 Å². The van der Waals surface area contributed by atoms with Crippen LogP contribution in [0, 0.1) is 0 Å². The van der Waals surface area contributed by atoms with Gasteiger partial charge in [-0.3, -0.25) is 4.79 Å². The normalized spacial score (nSPS) is 23.4. The maximum absolute atomic E-state index is 12.2. The molecule has 2 aliphatic heterocycles. The fourth-order valence-electron chi connectivity index (χ4n) is 3.49. The first kappa shape index (κ1) is 17.7. The van der Waals surface area contributed by atoms with Gasteiger partial charge in [0.2, 0.25) is 5.91 Å². The minimum absolute atomic E-state index is 0.118. The summed E-state index contributed by atoms with van der Waals surface area (Å²) >= 11 is 6.92. The van der Waals surface area contributed by atoms with Crippen molar-refractivity contribution >= 4 is 34.2 Å². The summed E-state index contributed by atoms with van der Waals surface area (Å²) in [6.45, 7) is 5.28. The van der Waals surface area contributed by atoms with Gasteiger partial charge in [-0.1, -0.05) is 54.3 Å². The third-order valence-electron chi connectivity index (χ3n) is 4.73. The molecule has 0 aliphatic carbocycles. The Bertz CT molecular complexity index is 561. The summed E-state index contributed by atoms with van der Waals surface area (Å²) in [5.41, 5.74) is 1.37. The number of likely N-dealkylation sites (tertiary alicyclic amines) is 2. The number of amides is 1. The number of nitrogens with zero attached hydrogens (tertiary/aromatic N) is 1. The monoisotopic (exact) mass is 364 g/mol. The minimum Gasteiger partial charge on any atom is -0.358 e. The number of carbonyl (C=O) groups excluding carboxylic acids is 1. The maximum Gasteiger partial charge on any atom is 0.230 e. The lowest BCUT2D eigenvalue weighted by Gasteiger charge is -2.18. The van der Waals surface area contributed by atoms with Crippen LogP contribution in [0.25, 0.3) is 0 Å². The molecule has 4 nitrogen and oxygen atoms in total. The van der Waals surface area contributed by atoms with Gasteiger partial charge in [-0.15, -0.1) is 0 Å². The van der Waals surface area contributed by atoms with Crippen LogP contribution in [0.3, 0.4) is 0 Å². The Balaban J connectivity index is 1.35. The van der Waals surface area contributed by atoms with E-state index in [0.717, 1.165) is 43.5 Å². The Morgan fingerprint density at radius 1 is 1.29 bits per heavy atom. The second kappa shape index (κ2) is 8.83. The smallest absolute Gasteiger partial charge is 0.230 e. The van der Waals surface area contributed by atoms with E-state index >= 15 is 0 Å². The summed E-state index contributed by atoms with van der Waals surface area (Å²) in [5, 5.41) is 3.18. The van der Waals surface area contributed by atoms with Crippen molar-refractivity contribution in [2.75, 3.05) is 31.9 Å². The molecule has 0 spiro atoms. The van der Waals surface area contributed by atoms with Crippen molar-refractivity contribution in [3.63, 3.8) is 0 Å². The van der Waals surface area contributed by atoms with Crippen molar-refractivity contribution in [3.05, 3.63) is 35.9 Å². The zero-order valence-corrected chi connectivity index (χ0v) is 15.6. The van der Waals surface area contributed by atoms with Crippen molar-refractivity contribution in [2.24, 2.45) is 0 Å². The number of benzene rings is 1. The number of quaternary nitrogens is 1. The molecule has 2 aliphatic rings. The van der Waals surface area contributed by atoms with Gasteiger partial charge in [-0.05, 0) is 12.8 Å². The number of nitrogens with one attached hydrogen (secondary N) is 2. The number of hydrogen-bond acceptors (Lipinski definition) is 3. The molecule has 1 unspecified atom stereocenters. The molecule has 1 aromatic carbocycles. The highest BCUT2D eigenvalue weighted by molar-refractivity contribution is 8.23. The lowest BCUT2D eigenvalue weighted by molar-refractivity contribution is -0.901. The molecule has 1 amide bonds. The predicted octanol–water partition coefficient (Wildman–Crippen LogP) is 1.07. The molecule has 2 N–H and O–H groups in total. The quantitative estimate of drug-likeness (QED) is 0.767. The first-order valence-electron chi connectivity index (χ1n) is 8.79. The van der Waals surface area contributed by atoms with Crippen LogP contribution in [0.2, 0.25) is 0 Å². The van der Waals surface area contributed by atoms with Crippen LogP contribution in [0.15, 0.2) is 30.3 Å². The van der Waals surface area contributed by atoms with Crippen LogP contribution in [-0.4, -0.2) is 53.1 Å². The van der Waals surface area contributed by atoms with E-state index in [1.165, 1.54) is 30.2 Å². The Kier molecular flexibility index (Phi) is 6.51. The summed E-state index contributed by atoms with van der Waals surface area (Å²) in [5.74, 6) is 0.562. The van der Waals surface area contributed by atoms with Crippen molar-refractivity contribution in [3.8, 4) is 0 Å². The summed E-state index contributed by atoms with van der Waals surface area (Å²) in [7, 11) is 0. The molecule has 2 saturated heterocycles. The van der Waals surface area contributed by atoms with Gasteiger partial charge in [0.05, 0.1) is 24.9 Å². The maximum atomic E-state index is 12.2. The highest BCUT2D eigenvalue weighted by Crippen LogP contribution is 2.16. The number of rotatable bonds is 5. The van der Waals surface area contributed by atoms with Gasteiger partial charge < -0.3 is 15.1 Å². The van der Waals surface area contributed by atoms with Crippen molar-refractivity contribution < 1.29 is 9.69 Å². The largest absolute Gasteiger partial charge is 0.358 e. The average Bonchev–Trinajstić information content (AvgIpc) is 3.26. The van der Waals surface area contributed by atoms with Crippen molar-refractivity contribution in [1.82, 2.24) is 10.2 Å². The molecule has 130 valence electrons. The molecule has 0 saturated carbocycles. The molecule has 1 aromatic rings. The molecule has 0 aromatic heterocycles. The minimum atomic E-state index is 0.118. The molecule has 24 heavy (non-hydrogen) atoms. The zero-order valence-electron chi connectivity index (χ0n) is 14.0. The van der Waals surface area contributed by atoms with Gasteiger partial charge in [0.1, 0.15) is 10.9 Å². The van der Waals surface area contributed by atoms with E-state index in [-0.39, 0.29) is 5.91 Å². The first-order chi connectivity index (χ1) is 11.7. The summed E-state index contributed by atoms with van der Waals surface area (Å²) in [6.07, 6.45) is 3.50. The van der Waals surface area contributed by atoms with Crippen LogP contribution in [-0.2, 0) is 11.3 Å². The van der Waals surface area contributed by atoms with E-state index in [1.54, 1.807) is 4.90 Å². The number of hydrogen-bond donors (Lipinski definition) is 2. The van der Waals surface area contributed by atoms with Gasteiger partial charge in [-0.25, -0.2) is 0 Å². The molecule has 0 radical (unpaired) electrons. The number of carbonyl (C=O) groups is 1. The molecule has 3 rings (SSSR count). The fourth-order valence-corrected chi connectivity index (χ4v) is 4.55. The molecule has 2 fully saturated rings. The van der Waals surface area contributed by atoms with E-state index in [9.17, 15) is 4.79 Å². The highest BCUT2D eigenvalue weighted by atomic mass is 32.2. The fraction of sp³-hybridized carbons (Fsp3) is 0.556. The number of thiocarbonyl (C=S) groups is 1. The lowest BCUT2D eigenvalue weighted by atomic mass is 10.2. The molecule has 0 bridgehead atoms. The highest BCUT2D eigenvalue weighted by Gasteiger charge is 2.27. The zero-order chi connectivity index (χ0) is 16.8. The van der Waals surface area contributed by atoms with Gasteiger partial charge >= 0.3 is 0 Å². The average molecular weight is 365 g/mol. The Hall–Kier alpha value is -1.11. The summed E-state index contributed by atoms with van der Waals surface area (Å²) in [4.78, 5) is 15.9. The number of thioether (sulfide) groups is 1. The Morgan fingerprint density at radius 2 is 2.04 bits per heavy atom. The second-order valence-corrected chi connectivity index (χ2v) is 8.28. The van der Waals surface area contributed by atoms with E-state index in [2.05, 4.69) is 40.5 Å². The Morgan fingerprint density at radius 3 is 2.79 bits per heavy atom. The summed E-state index contributed by atoms with van der Waals surface area (Å²) < 4.78 is 0.880. The van der Waals surface area contributed by atoms with Gasteiger partial charge in [0, 0.05) is 25.1 Å². The third-order valence-corrected chi connectivity index (χ3v) is 6.26. The predicted molar refractivity (Wildman–Crippen MR) is 103 cm³/mol. The second-order valence-electron chi connectivity index (χ2n) is 6.67. The van der Waals surface area contributed by atoms with E-state index < -0.39 is 0 Å². The van der Waals surface area contributed by atoms with Crippen molar-refractivity contribution in [1.29, 1.82) is 0 Å². The van der Waals surface area contributed by atoms with Crippen LogP contribution in [0.4, 0.5) is 0 Å². The molecule has 6 heteroatoms. The summed E-state index contributed by atoms with van der Waals surface area (Å²) in [6, 6.07) is 10.9. The molecular weight excluding hydrogens is 338 g/mol. The molecular formula is C18H26N3OS2+. The first-order valence-corrected chi connectivity index (χ1v) is 10.2. The van der Waals surface area contributed by atoms with E-state index in [1.807, 2.05) is 0 Å². The lowest BCUT2D eigenvalue weighted by Crippen LogP contribution is -3.09. The van der Waals surface area contributed by atoms with Crippen LogP contribution in [0.5, 0.6) is 0 Å². The molecule has 2 heterocycles. The van der Waals surface area contributed by atoms with E-state index in [0.29, 0.717) is 11.8 Å². The topological polar surface area (TPSA) is 36.8 Å². The SMILES string of the molecule is O=C(CSC(=S)N1CCCC1)N[C@H]1CC[NH+](Cc2ccccc2)C1. The van der Waals surface area contributed by atoms with Crippen LogP contribution in [0.1, 0.15) is 24.8 Å². The van der Waals surface area contributed by atoms with Crippen molar-refractivity contribution in [2.45, 2.75) is 31.8 Å². The van der Waals surface area contributed by atoms with Gasteiger partial charge in [0.15, 0.2) is 0 Å². The standard InChI is InChI=1S/C18H25N3OS2/c22-17(14-24-18(23)21-9-4-5-10-21)19-16-8-11-20(13-16)12-15-6-2-1-3-7-15/h1-3,6-7,16H,4-5,8-14H2,(H,19,22)/p+1/t16-/m0/s1. The van der Waals surface area contributed by atoms with Crippen LogP contribution < -0.4 is 10.2 Å². The van der Waals surface area contributed by atoms with Crippen LogP contribution >= 0.6 is 24.0 Å². The Labute approximate surface area is 154 Å². The van der Waals surface area contributed by atoms with Gasteiger partial charge in [-0.2, -0.15) is 0 Å². The van der Waals surface area contributed by atoms with E-state index in [4.69, 9.17) is 12.2 Å².